The van der Waals surface area contributed by atoms with Crippen LogP contribution in [0.4, 0.5) is 5.95 Å². The maximum Gasteiger partial charge on any atom is 0.265 e. The topological polar surface area (TPSA) is 124 Å². The molecule has 3 aromatic rings. The molecule has 0 spiro atoms. The largest absolute Gasteiger partial charge is 0.507 e. The number of hydrogen-bond donors (Lipinski definition) is 4. The van der Waals surface area contributed by atoms with Crippen LogP contribution in [-0.2, 0) is 0 Å². The van der Waals surface area contributed by atoms with Crippen LogP contribution in [0.15, 0.2) is 24.5 Å². The summed E-state index contributed by atoms with van der Waals surface area (Å²) in [6.07, 6.45) is 1.39. The number of amides is 1. The van der Waals surface area contributed by atoms with E-state index >= 15 is 0 Å². The van der Waals surface area contributed by atoms with Gasteiger partial charge in [-0.1, -0.05) is 17.7 Å². The van der Waals surface area contributed by atoms with Gasteiger partial charge in [-0.15, -0.1) is 0 Å². The number of halogens is 1. The summed E-state index contributed by atoms with van der Waals surface area (Å²) in [5.74, 6) is -1.58. The van der Waals surface area contributed by atoms with Crippen LogP contribution in [0.3, 0.4) is 0 Å². The van der Waals surface area contributed by atoms with Crippen molar-refractivity contribution >= 4 is 34.6 Å². The summed E-state index contributed by atoms with van der Waals surface area (Å²) < 4.78 is 0. The average molecular weight is 306 g/mol. The number of carbonyl (C=O) groups excluding carboxylic acids is 1. The van der Waals surface area contributed by atoms with Crippen molar-refractivity contribution in [2.24, 2.45) is 0 Å². The lowest BCUT2D eigenvalue weighted by Crippen LogP contribution is -2.14. The highest BCUT2D eigenvalue weighted by molar-refractivity contribution is 6.33. The van der Waals surface area contributed by atoms with Crippen LogP contribution < -0.4 is 5.32 Å². The zero-order valence-electron chi connectivity index (χ0n) is 10.3. The van der Waals surface area contributed by atoms with Gasteiger partial charge in [0.2, 0.25) is 5.95 Å². The van der Waals surface area contributed by atoms with Crippen molar-refractivity contribution < 1.29 is 15.0 Å². The number of hydrogen-bond acceptors (Lipinski definition) is 6. The molecule has 9 heteroatoms. The molecule has 106 valence electrons. The third kappa shape index (κ3) is 2.32. The summed E-state index contributed by atoms with van der Waals surface area (Å²) in [6, 6.07) is 3.96. The summed E-state index contributed by atoms with van der Waals surface area (Å²) in [4.78, 5) is 26.6. The first kappa shape index (κ1) is 13.1. The number of phenolic OH excluding ortho intramolecular Hbond substituents is 2. The molecule has 0 aliphatic rings. The number of nitrogens with one attached hydrogen (secondary N) is 2. The van der Waals surface area contributed by atoms with E-state index in [1.807, 2.05) is 0 Å². The first-order chi connectivity index (χ1) is 10.1. The molecule has 0 saturated carbocycles. The van der Waals surface area contributed by atoms with Gasteiger partial charge in [-0.25, -0.2) is 4.98 Å². The molecule has 0 bridgehead atoms. The third-order valence-corrected chi connectivity index (χ3v) is 2.99. The number of fused-ring (bicyclic) bond motifs is 1. The molecule has 0 aliphatic heterocycles. The van der Waals surface area contributed by atoms with Crippen molar-refractivity contribution in [3.63, 3.8) is 0 Å². The predicted molar refractivity (Wildman–Crippen MR) is 74.4 cm³/mol. The molecule has 1 amide bonds. The third-order valence-electron chi connectivity index (χ3n) is 2.71. The number of H-pyrrole nitrogens is 1. The monoisotopic (exact) mass is 305 g/mol. The first-order valence-corrected chi connectivity index (χ1v) is 6.13. The summed E-state index contributed by atoms with van der Waals surface area (Å²) in [6.45, 7) is 0. The summed E-state index contributed by atoms with van der Waals surface area (Å²) >= 11 is 5.92. The van der Waals surface area contributed by atoms with Crippen LogP contribution in [0.5, 0.6) is 11.5 Å². The van der Waals surface area contributed by atoms with Crippen molar-refractivity contribution in [1.29, 1.82) is 0 Å². The van der Waals surface area contributed by atoms with Gasteiger partial charge in [0, 0.05) is 0 Å². The van der Waals surface area contributed by atoms with Gasteiger partial charge in [0.05, 0.1) is 6.33 Å². The molecule has 0 saturated heterocycles. The minimum Gasteiger partial charge on any atom is -0.507 e. The molecule has 2 aromatic heterocycles. The number of aromatic hydroxyl groups is 2. The Kier molecular flexibility index (Phi) is 3.07. The number of aromatic amines is 1. The molecule has 2 heterocycles. The van der Waals surface area contributed by atoms with Crippen molar-refractivity contribution in [3.8, 4) is 11.5 Å². The highest BCUT2D eigenvalue weighted by Gasteiger charge is 2.18. The van der Waals surface area contributed by atoms with E-state index in [-0.39, 0.29) is 33.8 Å². The number of imidazole rings is 1. The van der Waals surface area contributed by atoms with E-state index in [2.05, 4.69) is 25.3 Å². The molecule has 0 aliphatic carbocycles. The molecular weight excluding hydrogens is 298 g/mol. The van der Waals surface area contributed by atoms with Crippen LogP contribution in [0.25, 0.3) is 11.2 Å². The Morgan fingerprint density at radius 3 is 2.67 bits per heavy atom. The van der Waals surface area contributed by atoms with Crippen molar-refractivity contribution in [1.82, 2.24) is 19.9 Å². The van der Waals surface area contributed by atoms with Crippen molar-refractivity contribution in [2.45, 2.75) is 0 Å². The lowest BCUT2D eigenvalue weighted by molar-refractivity contribution is 0.102. The Hall–Kier alpha value is -2.87. The average Bonchev–Trinajstić information content (AvgIpc) is 2.87. The number of anilines is 1. The molecular formula is C12H8ClN5O3. The summed E-state index contributed by atoms with van der Waals surface area (Å²) in [5.41, 5.74) is 0.450. The van der Waals surface area contributed by atoms with Gasteiger partial charge < -0.3 is 15.2 Å². The van der Waals surface area contributed by atoms with E-state index in [1.54, 1.807) is 0 Å². The van der Waals surface area contributed by atoms with Gasteiger partial charge in [-0.3, -0.25) is 10.1 Å². The SMILES string of the molecule is O=C(Nc1nc(Cl)c2[nH]cnc2n1)c1c(O)cccc1O. The van der Waals surface area contributed by atoms with Gasteiger partial charge in [-0.05, 0) is 12.1 Å². The highest BCUT2D eigenvalue weighted by atomic mass is 35.5. The summed E-state index contributed by atoms with van der Waals surface area (Å²) in [7, 11) is 0. The lowest BCUT2D eigenvalue weighted by Gasteiger charge is -2.07. The van der Waals surface area contributed by atoms with Crippen LogP contribution in [0.1, 0.15) is 10.4 Å². The molecule has 8 nitrogen and oxygen atoms in total. The smallest absolute Gasteiger partial charge is 0.265 e. The minimum absolute atomic E-state index is 0.0905. The molecule has 0 fully saturated rings. The van der Waals surface area contributed by atoms with E-state index in [0.717, 1.165) is 0 Å². The second-order valence-corrected chi connectivity index (χ2v) is 4.42. The highest BCUT2D eigenvalue weighted by Crippen LogP contribution is 2.27. The van der Waals surface area contributed by atoms with Crippen LogP contribution in [0.2, 0.25) is 5.15 Å². The van der Waals surface area contributed by atoms with E-state index < -0.39 is 5.91 Å². The van der Waals surface area contributed by atoms with E-state index in [9.17, 15) is 15.0 Å². The standard InChI is InChI=1S/C12H8ClN5O3/c13-9-8-10(15-4-14-8)17-12(16-9)18-11(21)7-5(19)2-1-3-6(7)20/h1-4,19-20H,(H2,14,15,16,17,18,21). The minimum atomic E-state index is -0.767. The number of carbonyl (C=O) groups is 1. The lowest BCUT2D eigenvalue weighted by atomic mass is 10.1. The Labute approximate surface area is 122 Å². The number of rotatable bonds is 2. The van der Waals surface area contributed by atoms with E-state index in [1.165, 1.54) is 24.5 Å². The Morgan fingerprint density at radius 1 is 1.24 bits per heavy atom. The number of benzene rings is 1. The molecule has 0 radical (unpaired) electrons. The fourth-order valence-corrected chi connectivity index (χ4v) is 2.00. The number of aromatic nitrogens is 4. The van der Waals surface area contributed by atoms with Crippen molar-refractivity contribution in [3.05, 3.63) is 35.2 Å². The van der Waals surface area contributed by atoms with Gasteiger partial charge in [0.15, 0.2) is 10.8 Å². The summed E-state index contributed by atoms with van der Waals surface area (Å²) in [5, 5.41) is 21.7. The molecule has 3 rings (SSSR count). The normalized spacial score (nSPS) is 10.7. The quantitative estimate of drug-likeness (QED) is 0.534. The van der Waals surface area contributed by atoms with Crippen LogP contribution in [-0.4, -0.2) is 36.1 Å². The van der Waals surface area contributed by atoms with Gasteiger partial charge in [0.1, 0.15) is 22.6 Å². The van der Waals surface area contributed by atoms with Crippen molar-refractivity contribution in [2.75, 3.05) is 5.32 Å². The first-order valence-electron chi connectivity index (χ1n) is 5.75. The zero-order chi connectivity index (χ0) is 15.0. The maximum atomic E-state index is 12.1. The Balaban J connectivity index is 1.96. The number of phenols is 2. The van der Waals surface area contributed by atoms with Gasteiger partial charge in [-0.2, -0.15) is 9.97 Å². The van der Waals surface area contributed by atoms with Crippen LogP contribution in [0, 0.1) is 0 Å². The molecule has 0 unspecified atom stereocenters. The molecule has 1 aromatic carbocycles. The second kappa shape index (κ2) is 4.91. The second-order valence-electron chi connectivity index (χ2n) is 4.06. The molecule has 0 atom stereocenters. The van der Waals surface area contributed by atoms with Gasteiger partial charge >= 0.3 is 0 Å². The van der Waals surface area contributed by atoms with Crippen LogP contribution >= 0.6 is 11.6 Å². The maximum absolute atomic E-state index is 12.1. The zero-order valence-corrected chi connectivity index (χ0v) is 11.1. The molecule has 21 heavy (non-hydrogen) atoms. The Morgan fingerprint density at radius 2 is 1.95 bits per heavy atom. The molecule has 4 N–H and O–H groups in total. The van der Waals surface area contributed by atoms with E-state index in [0.29, 0.717) is 5.52 Å². The fourth-order valence-electron chi connectivity index (χ4n) is 1.78. The fraction of sp³-hybridized carbons (Fsp3) is 0. The number of nitrogens with zero attached hydrogens (tertiary/aromatic N) is 3. The predicted octanol–water partition coefficient (Wildman–Crippen LogP) is 1.67. The van der Waals surface area contributed by atoms with E-state index in [4.69, 9.17) is 11.6 Å². The van der Waals surface area contributed by atoms with Gasteiger partial charge in [0.25, 0.3) is 5.91 Å². The Bertz CT molecular complexity index is 828.